The highest BCUT2D eigenvalue weighted by molar-refractivity contribution is 5.76. The van der Waals surface area contributed by atoms with E-state index in [1.54, 1.807) is 6.07 Å². The highest BCUT2D eigenvalue weighted by atomic mass is 19.1. The Morgan fingerprint density at radius 3 is 2.41 bits per heavy atom. The van der Waals surface area contributed by atoms with Gasteiger partial charge in [-0.05, 0) is 23.1 Å². The van der Waals surface area contributed by atoms with Crippen LogP contribution in [-0.4, -0.2) is 9.97 Å². The van der Waals surface area contributed by atoms with Gasteiger partial charge in [0.15, 0.2) is 0 Å². The van der Waals surface area contributed by atoms with Gasteiger partial charge < -0.3 is 4.98 Å². The van der Waals surface area contributed by atoms with Gasteiger partial charge in [0.25, 0.3) is 0 Å². The van der Waals surface area contributed by atoms with Gasteiger partial charge in [-0.2, -0.15) is 0 Å². The first-order chi connectivity index (χ1) is 7.79. The molecule has 0 aliphatic rings. The van der Waals surface area contributed by atoms with Crippen LogP contribution < -0.4 is 0 Å². The number of aromatic nitrogens is 2. The summed E-state index contributed by atoms with van der Waals surface area (Å²) in [6.45, 7) is 10.2. The van der Waals surface area contributed by atoms with Crippen molar-refractivity contribution in [2.45, 2.75) is 46.0 Å². The first kappa shape index (κ1) is 12.1. The second-order valence-electron chi connectivity index (χ2n) is 5.88. The number of fused-ring (bicyclic) bond motifs is 1. The molecule has 2 rings (SSSR count). The fourth-order valence-electron chi connectivity index (χ4n) is 1.90. The zero-order valence-corrected chi connectivity index (χ0v) is 11.1. The Hall–Kier alpha value is -1.38. The van der Waals surface area contributed by atoms with Crippen molar-refractivity contribution in [3.8, 4) is 0 Å². The predicted octanol–water partition coefficient (Wildman–Crippen LogP) is 4.12. The molecule has 0 radical (unpaired) electrons. The van der Waals surface area contributed by atoms with Crippen molar-refractivity contribution in [1.29, 1.82) is 0 Å². The molecule has 1 N–H and O–H groups in total. The molecule has 0 saturated carbocycles. The van der Waals surface area contributed by atoms with E-state index in [-0.39, 0.29) is 11.2 Å². The van der Waals surface area contributed by atoms with E-state index in [0.29, 0.717) is 11.5 Å². The number of rotatable bonds is 1. The van der Waals surface area contributed by atoms with Crippen molar-refractivity contribution < 1.29 is 4.39 Å². The lowest BCUT2D eigenvalue weighted by Gasteiger charge is -2.19. The van der Waals surface area contributed by atoms with Crippen LogP contribution in [0, 0.1) is 5.82 Å². The Labute approximate surface area is 101 Å². The standard InChI is InChI=1S/C14H19FN2/c1-8(2)13-16-11-6-9(14(3,4)5)10(15)7-12(11)17-13/h6-8H,1-5H3,(H,16,17). The molecule has 1 aromatic heterocycles. The van der Waals surface area contributed by atoms with Gasteiger partial charge in [0.05, 0.1) is 11.0 Å². The molecule has 0 bridgehead atoms. The average Bonchev–Trinajstić information content (AvgIpc) is 2.57. The molecule has 2 aromatic rings. The second-order valence-corrected chi connectivity index (χ2v) is 5.88. The third-order valence-electron chi connectivity index (χ3n) is 2.94. The number of benzene rings is 1. The van der Waals surface area contributed by atoms with E-state index in [2.05, 4.69) is 23.8 Å². The van der Waals surface area contributed by atoms with E-state index in [1.807, 2.05) is 26.8 Å². The molecule has 0 aliphatic carbocycles. The first-order valence-electron chi connectivity index (χ1n) is 5.98. The normalized spacial score (nSPS) is 12.6. The van der Waals surface area contributed by atoms with Gasteiger partial charge in [-0.15, -0.1) is 0 Å². The Morgan fingerprint density at radius 2 is 1.88 bits per heavy atom. The van der Waals surface area contributed by atoms with Gasteiger partial charge in [0.2, 0.25) is 0 Å². The molecular formula is C14H19FN2. The van der Waals surface area contributed by atoms with Gasteiger partial charge in [0.1, 0.15) is 11.6 Å². The van der Waals surface area contributed by atoms with Crippen molar-refractivity contribution in [2.75, 3.05) is 0 Å². The molecule has 2 nitrogen and oxygen atoms in total. The molecular weight excluding hydrogens is 215 g/mol. The van der Waals surface area contributed by atoms with E-state index in [9.17, 15) is 4.39 Å². The van der Waals surface area contributed by atoms with Crippen LogP contribution in [0.2, 0.25) is 0 Å². The average molecular weight is 234 g/mol. The van der Waals surface area contributed by atoms with Gasteiger partial charge in [-0.3, -0.25) is 0 Å². The largest absolute Gasteiger partial charge is 0.342 e. The fraction of sp³-hybridized carbons (Fsp3) is 0.500. The molecule has 0 unspecified atom stereocenters. The summed E-state index contributed by atoms with van der Waals surface area (Å²) in [5, 5.41) is 0. The Bertz CT molecular complexity index is 547. The quantitative estimate of drug-likeness (QED) is 0.789. The highest BCUT2D eigenvalue weighted by Crippen LogP contribution is 2.29. The topological polar surface area (TPSA) is 28.7 Å². The summed E-state index contributed by atoms with van der Waals surface area (Å²) in [7, 11) is 0. The summed E-state index contributed by atoms with van der Waals surface area (Å²) in [6, 6.07) is 3.40. The molecule has 0 atom stereocenters. The number of H-pyrrole nitrogens is 1. The zero-order chi connectivity index (χ0) is 12.8. The Morgan fingerprint density at radius 1 is 1.24 bits per heavy atom. The smallest absolute Gasteiger partial charge is 0.129 e. The van der Waals surface area contributed by atoms with Crippen LogP contribution in [0.15, 0.2) is 12.1 Å². The lowest BCUT2D eigenvalue weighted by Crippen LogP contribution is -2.13. The minimum absolute atomic E-state index is 0.163. The van der Waals surface area contributed by atoms with E-state index in [4.69, 9.17) is 0 Å². The summed E-state index contributed by atoms with van der Waals surface area (Å²) in [5.74, 6) is 1.07. The number of halogens is 1. The summed E-state index contributed by atoms with van der Waals surface area (Å²) >= 11 is 0. The Balaban J connectivity index is 2.64. The summed E-state index contributed by atoms with van der Waals surface area (Å²) in [6.07, 6.45) is 0. The third kappa shape index (κ3) is 2.19. The molecule has 92 valence electrons. The SMILES string of the molecule is CC(C)c1nc2cc(C(C)(C)C)c(F)cc2[nH]1. The number of imidazole rings is 1. The number of hydrogen-bond donors (Lipinski definition) is 1. The molecule has 0 spiro atoms. The monoisotopic (exact) mass is 234 g/mol. The lowest BCUT2D eigenvalue weighted by molar-refractivity contribution is 0.524. The van der Waals surface area contributed by atoms with Crippen molar-refractivity contribution in [3.05, 3.63) is 29.3 Å². The number of aromatic amines is 1. The van der Waals surface area contributed by atoms with Crippen molar-refractivity contribution in [3.63, 3.8) is 0 Å². The number of nitrogens with zero attached hydrogens (tertiary/aromatic N) is 1. The van der Waals surface area contributed by atoms with Gasteiger partial charge in [-0.25, -0.2) is 9.37 Å². The predicted molar refractivity (Wildman–Crippen MR) is 68.8 cm³/mol. The number of nitrogens with one attached hydrogen (secondary N) is 1. The molecule has 1 heterocycles. The second kappa shape index (κ2) is 3.83. The molecule has 1 aromatic carbocycles. The maximum Gasteiger partial charge on any atom is 0.129 e. The maximum atomic E-state index is 14.0. The van der Waals surface area contributed by atoms with Crippen LogP contribution in [-0.2, 0) is 5.41 Å². The van der Waals surface area contributed by atoms with E-state index < -0.39 is 0 Å². The van der Waals surface area contributed by atoms with Gasteiger partial charge in [0, 0.05) is 5.92 Å². The lowest BCUT2D eigenvalue weighted by atomic mass is 9.86. The molecule has 0 saturated heterocycles. The van der Waals surface area contributed by atoms with Crippen molar-refractivity contribution in [2.24, 2.45) is 0 Å². The number of hydrogen-bond acceptors (Lipinski definition) is 1. The van der Waals surface area contributed by atoms with Gasteiger partial charge >= 0.3 is 0 Å². The molecule has 3 heteroatoms. The zero-order valence-electron chi connectivity index (χ0n) is 11.1. The van der Waals surface area contributed by atoms with E-state index in [1.165, 1.54) is 0 Å². The first-order valence-corrected chi connectivity index (χ1v) is 5.98. The van der Waals surface area contributed by atoms with Crippen LogP contribution in [0.5, 0.6) is 0 Å². The Kier molecular flexibility index (Phi) is 2.72. The summed E-state index contributed by atoms with van der Waals surface area (Å²) in [4.78, 5) is 7.67. The van der Waals surface area contributed by atoms with Crippen LogP contribution in [0.25, 0.3) is 11.0 Å². The van der Waals surface area contributed by atoms with Crippen molar-refractivity contribution >= 4 is 11.0 Å². The minimum atomic E-state index is -0.199. The van der Waals surface area contributed by atoms with Crippen LogP contribution in [0.3, 0.4) is 0 Å². The third-order valence-corrected chi connectivity index (χ3v) is 2.94. The van der Waals surface area contributed by atoms with E-state index >= 15 is 0 Å². The maximum absolute atomic E-state index is 14.0. The fourth-order valence-corrected chi connectivity index (χ4v) is 1.90. The molecule has 0 amide bonds. The van der Waals surface area contributed by atoms with Crippen LogP contribution in [0.4, 0.5) is 4.39 Å². The molecule has 0 aliphatic heterocycles. The minimum Gasteiger partial charge on any atom is -0.342 e. The van der Waals surface area contributed by atoms with Crippen LogP contribution in [0.1, 0.15) is 51.9 Å². The summed E-state index contributed by atoms with van der Waals surface area (Å²) in [5.41, 5.74) is 2.14. The molecule has 0 fully saturated rings. The highest BCUT2D eigenvalue weighted by Gasteiger charge is 2.20. The summed E-state index contributed by atoms with van der Waals surface area (Å²) < 4.78 is 14.0. The van der Waals surface area contributed by atoms with E-state index in [0.717, 1.165) is 16.9 Å². The van der Waals surface area contributed by atoms with Gasteiger partial charge in [-0.1, -0.05) is 34.6 Å². The van der Waals surface area contributed by atoms with Crippen LogP contribution >= 0.6 is 0 Å². The van der Waals surface area contributed by atoms with Crippen molar-refractivity contribution in [1.82, 2.24) is 9.97 Å². The molecule has 17 heavy (non-hydrogen) atoms.